The zero-order chi connectivity index (χ0) is 18.8. The van der Waals surface area contributed by atoms with E-state index in [1.54, 1.807) is 6.07 Å². The van der Waals surface area contributed by atoms with Gasteiger partial charge in [0, 0.05) is 29.3 Å². The van der Waals surface area contributed by atoms with Crippen LogP contribution < -0.4 is 14.2 Å². The average molecular weight is 366 g/mol. The third-order valence-corrected chi connectivity index (χ3v) is 4.52. The first-order chi connectivity index (χ1) is 13.2. The van der Waals surface area contributed by atoms with E-state index in [1.807, 2.05) is 44.2 Å². The number of nitrogens with one attached hydrogen (secondary N) is 1. The second kappa shape index (κ2) is 7.23. The smallest absolute Gasteiger partial charge is 0.161 e. The summed E-state index contributed by atoms with van der Waals surface area (Å²) in [5.41, 5.74) is 4.11. The molecule has 1 aromatic heterocycles. The van der Waals surface area contributed by atoms with Crippen LogP contribution in [0.5, 0.6) is 23.0 Å². The number of hydrogen-bond acceptors (Lipinski definition) is 5. The number of phenols is 1. The zero-order valence-corrected chi connectivity index (χ0v) is 15.4. The molecular formula is C21H22N2O4. The average Bonchev–Trinajstić information content (AvgIpc) is 2.88. The number of aromatic hydroxyl groups is 1. The highest BCUT2D eigenvalue weighted by atomic mass is 16.5. The molecule has 140 valence electrons. The van der Waals surface area contributed by atoms with Crippen LogP contribution in [0.15, 0.2) is 36.4 Å². The number of aryl methyl sites for hydroxylation is 1. The lowest BCUT2D eigenvalue weighted by molar-refractivity contribution is 0.297. The van der Waals surface area contributed by atoms with Crippen molar-refractivity contribution in [3.05, 3.63) is 42.1 Å². The van der Waals surface area contributed by atoms with Crippen molar-refractivity contribution in [1.82, 2.24) is 10.2 Å². The lowest BCUT2D eigenvalue weighted by Gasteiger charge is -2.11. The van der Waals surface area contributed by atoms with E-state index in [0.29, 0.717) is 36.8 Å². The van der Waals surface area contributed by atoms with Gasteiger partial charge in [-0.2, -0.15) is 5.10 Å². The molecule has 1 aliphatic rings. The van der Waals surface area contributed by atoms with Crippen molar-refractivity contribution in [2.45, 2.75) is 20.3 Å². The standard InChI is InChI=1S/C21H22N2O4/c1-3-25-15-6-7-16(17(24)12-15)21-20(13(2)22-23-21)14-5-8-18-19(11-14)27-10-4-9-26-18/h5-8,11-12,24H,3-4,9-10H2,1-2H3,(H,22,23). The van der Waals surface area contributed by atoms with Gasteiger partial charge in [-0.15, -0.1) is 0 Å². The van der Waals surface area contributed by atoms with Gasteiger partial charge in [0.05, 0.1) is 19.8 Å². The number of ether oxygens (including phenoxy) is 3. The van der Waals surface area contributed by atoms with Gasteiger partial charge in [-0.3, -0.25) is 5.10 Å². The fraction of sp³-hybridized carbons (Fsp3) is 0.286. The number of phenolic OH excluding ortho intramolecular Hbond substituents is 1. The number of aromatic nitrogens is 2. The number of hydrogen-bond donors (Lipinski definition) is 2. The van der Waals surface area contributed by atoms with Crippen molar-refractivity contribution in [3.8, 4) is 45.4 Å². The Morgan fingerprint density at radius 3 is 2.70 bits per heavy atom. The predicted octanol–water partition coefficient (Wildman–Crippen LogP) is 4.32. The van der Waals surface area contributed by atoms with Gasteiger partial charge in [0.2, 0.25) is 0 Å². The Hall–Kier alpha value is -3.15. The topological polar surface area (TPSA) is 76.6 Å². The van der Waals surface area contributed by atoms with Crippen LogP contribution in [-0.2, 0) is 0 Å². The number of nitrogens with zero attached hydrogens (tertiary/aromatic N) is 1. The maximum atomic E-state index is 10.5. The highest BCUT2D eigenvalue weighted by Gasteiger charge is 2.20. The lowest BCUT2D eigenvalue weighted by Crippen LogP contribution is -1.97. The molecule has 0 saturated heterocycles. The van der Waals surface area contributed by atoms with Gasteiger partial charge in [0.15, 0.2) is 11.5 Å². The summed E-state index contributed by atoms with van der Waals surface area (Å²) in [6, 6.07) is 11.1. The molecule has 6 heteroatoms. The Morgan fingerprint density at radius 2 is 1.93 bits per heavy atom. The lowest BCUT2D eigenvalue weighted by atomic mass is 9.98. The van der Waals surface area contributed by atoms with Crippen LogP contribution in [0, 0.1) is 6.92 Å². The summed E-state index contributed by atoms with van der Waals surface area (Å²) in [5.74, 6) is 2.24. The number of aromatic amines is 1. The molecule has 3 aromatic rings. The van der Waals surface area contributed by atoms with Crippen molar-refractivity contribution in [3.63, 3.8) is 0 Å². The highest BCUT2D eigenvalue weighted by molar-refractivity contribution is 5.86. The van der Waals surface area contributed by atoms with Gasteiger partial charge in [0.25, 0.3) is 0 Å². The van der Waals surface area contributed by atoms with E-state index >= 15 is 0 Å². The van der Waals surface area contributed by atoms with E-state index < -0.39 is 0 Å². The van der Waals surface area contributed by atoms with Crippen molar-refractivity contribution in [1.29, 1.82) is 0 Å². The van der Waals surface area contributed by atoms with Crippen LogP contribution in [0.3, 0.4) is 0 Å². The summed E-state index contributed by atoms with van der Waals surface area (Å²) in [4.78, 5) is 0. The molecule has 27 heavy (non-hydrogen) atoms. The first-order valence-corrected chi connectivity index (χ1v) is 9.08. The predicted molar refractivity (Wildman–Crippen MR) is 103 cm³/mol. The van der Waals surface area contributed by atoms with Gasteiger partial charge in [-0.25, -0.2) is 0 Å². The molecule has 2 aromatic carbocycles. The minimum atomic E-state index is 0.128. The number of H-pyrrole nitrogens is 1. The summed E-state index contributed by atoms with van der Waals surface area (Å²) in [6.45, 7) is 5.70. The second-order valence-electron chi connectivity index (χ2n) is 6.40. The fourth-order valence-electron chi connectivity index (χ4n) is 3.26. The van der Waals surface area contributed by atoms with Gasteiger partial charge in [0.1, 0.15) is 17.2 Å². The zero-order valence-electron chi connectivity index (χ0n) is 15.4. The van der Waals surface area contributed by atoms with Gasteiger partial charge in [-0.1, -0.05) is 6.07 Å². The minimum Gasteiger partial charge on any atom is -0.507 e. The normalized spacial score (nSPS) is 13.3. The molecule has 2 heterocycles. The van der Waals surface area contributed by atoms with Crippen LogP contribution in [0.2, 0.25) is 0 Å². The minimum absolute atomic E-state index is 0.128. The van der Waals surface area contributed by atoms with E-state index in [1.165, 1.54) is 0 Å². The van der Waals surface area contributed by atoms with Crippen molar-refractivity contribution in [2.75, 3.05) is 19.8 Å². The van der Waals surface area contributed by atoms with Crippen LogP contribution in [-0.4, -0.2) is 35.1 Å². The van der Waals surface area contributed by atoms with Crippen LogP contribution in [0.1, 0.15) is 19.0 Å². The first kappa shape index (κ1) is 17.3. The van der Waals surface area contributed by atoms with Gasteiger partial charge in [-0.05, 0) is 43.7 Å². The Morgan fingerprint density at radius 1 is 1.11 bits per heavy atom. The van der Waals surface area contributed by atoms with E-state index in [0.717, 1.165) is 34.7 Å². The Bertz CT molecular complexity index is 965. The fourth-order valence-corrected chi connectivity index (χ4v) is 3.26. The van der Waals surface area contributed by atoms with Crippen molar-refractivity contribution >= 4 is 0 Å². The third-order valence-electron chi connectivity index (χ3n) is 4.52. The molecule has 0 bridgehead atoms. The third kappa shape index (κ3) is 3.30. The molecule has 2 N–H and O–H groups in total. The van der Waals surface area contributed by atoms with E-state index in [9.17, 15) is 5.11 Å². The summed E-state index contributed by atoms with van der Waals surface area (Å²) in [6.07, 6.45) is 0.861. The van der Waals surface area contributed by atoms with Crippen LogP contribution in [0.4, 0.5) is 0 Å². The van der Waals surface area contributed by atoms with Crippen molar-refractivity contribution in [2.24, 2.45) is 0 Å². The Kier molecular flexibility index (Phi) is 4.62. The molecule has 0 fully saturated rings. The van der Waals surface area contributed by atoms with E-state index in [4.69, 9.17) is 14.2 Å². The molecule has 4 rings (SSSR count). The van der Waals surface area contributed by atoms with Crippen LogP contribution in [0.25, 0.3) is 22.4 Å². The molecule has 0 radical (unpaired) electrons. The highest BCUT2D eigenvalue weighted by Crippen LogP contribution is 2.41. The largest absolute Gasteiger partial charge is 0.507 e. The van der Waals surface area contributed by atoms with Gasteiger partial charge >= 0.3 is 0 Å². The van der Waals surface area contributed by atoms with E-state index in [-0.39, 0.29) is 5.75 Å². The molecule has 6 nitrogen and oxygen atoms in total. The number of rotatable bonds is 4. The maximum Gasteiger partial charge on any atom is 0.161 e. The molecule has 0 atom stereocenters. The molecule has 0 aliphatic carbocycles. The monoisotopic (exact) mass is 366 g/mol. The molecule has 0 amide bonds. The molecule has 0 unspecified atom stereocenters. The van der Waals surface area contributed by atoms with Crippen molar-refractivity contribution < 1.29 is 19.3 Å². The van der Waals surface area contributed by atoms with E-state index in [2.05, 4.69) is 10.2 Å². The SMILES string of the molecule is CCOc1ccc(-c2n[nH]c(C)c2-c2ccc3c(c2)OCCCO3)c(O)c1. The Labute approximate surface area is 157 Å². The summed E-state index contributed by atoms with van der Waals surface area (Å²) in [7, 11) is 0. The molecule has 0 spiro atoms. The first-order valence-electron chi connectivity index (χ1n) is 9.08. The molecule has 0 saturated carbocycles. The van der Waals surface area contributed by atoms with Gasteiger partial charge < -0.3 is 19.3 Å². The quantitative estimate of drug-likeness (QED) is 0.719. The molecule has 1 aliphatic heterocycles. The summed E-state index contributed by atoms with van der Waals surface area (Å²) in [5, 5.41) is 18.0. The summed E-state index contributed by atoms with van der Waals surface area (Å²) < 4.78 is 17.0. The maximum absolute atomic E-state index is 10.5. The second-order valence-corrected chi connectivity index (χ2v) is 6.40. The molecular weight excluding hydrogens is 344 g/mol. The Balaban J connectivity index is 1.78. The number of benzene rings is 2. The van der Waals surface area contributed by atoms with Crippen LogP contribution >= 0.6 is 0 Å². The number of fused-ring (bicyclic) bond motifs is 1. The summed E-state index contributed by atoms with van der Waals surface area (Å²) >= 11 is 0.